The Morgan fingerprint density at radius 1 is 1.41 bits per heavy atom. The van der Waals surface area contributed by atoms with Crippen molar-refractivity contribution in [3.05, 3.63) is 35.0 Å². The fourth-order valence-corrected chi connectivity index (χ4v) is 3.48. The third-order valence-corrected chi connectivity index (χ3v) is 4.47. The van der Waals surface area contributed by atoms with E-state index in [1.165, 1.54) is 27.7 Å². The number of aromatic nitrogens is 1. The minimum absolute atomic E-state index is 0.0977. The van der Waals surface area contributed by atoms with Crippen LogP contribution in [0.5, 0.6) is 0 Å². The van der Waals surface area contributed by atoms with Gasteiger partial charge in [-0.1, -0.05) is 25.0 Å². The summed E-state index contributed by atoms with van der Waals surface area (Å²) in [7, 11) is 0. The van der Waals surface area contributed by atoms with Gasteiger partial charge in [0.05, 0.1) is 12.6 Å². The van der Waals surface area contributed by atoms with Crippen LogP contribution in [0.2, 0.25) is 0 Å². The second-order valence-electron chi connectivity index (χ2n) is 6.01. The van der Waals surface area contributed by atoms with E-state index in [2.05, 4.69) is 37.0 Å². The minimum atomic E-state index is -0.193. The number of amides is 1. The number of fused-ring (bicyclic) bond motifs is 3. The van der Waals surface area contributed by atoms with Crippen LogP contribution in [0.15, 0.2) is 18.2 Å². The number of rotatable bonds is 3. The molecule has 0 bridgehead atoms. The Bertz CT molecular complexity index is 690. The molecule has 1 unspecified atom stereocenters. The highest BCUT2D eigenvalue weighted by Gasteiger charge is 2.33. The first kappa shape index (κ1) is 14.9. The normalized spacial score (nSPS) is 17.6. The van der Waals surface area contributed by atoms with E-state index in [9.17, 15) is 4.79 Å². The molecule has 1 aliphatic rings. The number of ether oxygens (including phenoxy) is 1. The van der Waals surface area contributed by atoms with Crippen molar-refractivity contribution in [2.75, 3.05) is 13.2 Å². The number of carbonyl (C=O) groups is 1. The number of benzene rings is 1. The second kappa shape index (κ2) is 6.03. The largest absolute Gasteiger partial charge is 0.450 e. The van der Waals surface area contributed by atoms with Crippen molar-refractivity contribution in [3.63, 3.8) is 0 Å². The topological polar surface area (TPSA) is 45.3 Å². The number of hydrogen-bond acceptors (Lipinski definition) is 2. The van der Waals surface area contributed by atoms with Gasteiger partial charge in [-0.05, 0) is 44.4 Å². The molecule has 3 rings (SSSR count). The van der Waals surface area contributed by atoms with Gasteiger partial charge in [0.1, 0.15) is 0 Å². The van der Waals surface area contributed by atoms with Crippen molar-refractivity contribution >= 4 is 17.0 Å². The van der Waals surface area contributed by atoms with Crippen LogP contribution in [-0.2, 0) is 11.2 Å². The van der Waals surface area contributed by atoms with E-state index >= 15 is 0 Å². The maximum Gasteiger partial charge on any atom is 0.410 e. The lowest BCUT2D eigenvalue weighted by Crippen LogP contribution is -2.40. The molecular weight excluding hydrogens is 276 g/mol. The molecule has 1 aromatic heterocycles. The van der Waals surface area contributed by atoms with Crippen LogP contribution in [0, 0.1) is 6.92 Å². The molecule has 118 valence electrons. The molecule has 22 heavy (non-hydrogen) atoms. The summed E-state index contributed by atoms with van der Waals surface area (Å²) in [4.78, 5) is 17.7. The molecule has 0 spiro atoms. The highest BCUT2D eigenvalue weighted by Crippen LogP contribution is 2.37. The zero-order valence-electron chi connectivity index (χ0n) is 13.6. The van der Waals surface area contributed by atoms with Crippen LogP contribution in [0.1, 0.15) is 49.6 Å². The van der Waals surface area contributed by atoms with Gasteiger partial charge < -0.3 is 9.72 Å². The van der Waals surface area contributed by atoms with Gasteiger partial charge in [0.25, 0.3) is 0 Å². The van der Waals surface area contributed by atoms with Gasteiger partial charge in [-0.25, -0.2) is 4.79 Å². The summed E-state index contributed by atoms with van der Waals surface area (Å²) in [5.74, 6) is 0. The van der Waals surface area contributed by atoms with Gasteiger partial charge in [0.2, 0.25) is 0 Å². The summed E-state index contributed by atoms with van der Waals surface area (Å²) in [6.07, 6.45) is 2.69. The molecular formula is C18H24N2O2. The predicted octanol–water partition coefficient (Wildman–Crippen LogP) is 4.33. The van der Waals surface area contributed by atoms with E-state index in [1.807, 2.05) is 11.8 Å². The number of aromatic amines is 1. The summed E-state index contributed by atoms with van der Waals surface area (Å²) < 4.78 is 5.24. The fraction of sp³-hybridized carbons (Fsp3) is 0.500. The summed E-state index contributed by atoms with van der Waals surface area (Å²) in [5.41, 5.74) is 5.01. The Kier molecular flexibility index (Phi) is 4.10. The number of hydrogen-bond donors (Lipinski definition) is 1. The monoisotopic (exact) mass is 300 g/mol. The Labute approximate surface area is 131 Å². The first-order valence-electron chi connectivity index (χ1n) is 8.20. The van der Waals surface area contributed by atoms with Crippen LogP contribution < -0.4 is 0 Å². The van der Waals surface area contributed by atoms with Crippen molar-refractivity contribution in [1.82, 2.24) is 9.88 Å². The van der Waals surface area contributed by atoms with Crippen molar-refractivity contribution in [2.45, 2.75) is 46.1 Å². The number of aryl methyl sites for hydroxylation is 1. The van der Waals surface area contributed by atoms with Crippen LogP contribution in [0.3, 0.4) is 0 Å². The molecule has 0 radical (unpaired) electrons. The van der Waals surface area contributed by atoms with Gasteiger partial charge in [0, 0.05) is 23.1 Å². The number of H-pyrrole nitrogens is 1. The zero-order chi connectivity index (χ0) is 15.7. The Morgan fingerprint density at radius 2 is 2.23 bits per heavy atom. The second-order valence-corrected chi connectivity index (χ2v) is 6.01. The molecule has 4 nitrogen and oxygen atoms in total. The third kappa shape index (κ3) is 2.47. The van der Waals surface area contributed by atoms with Gasteiger partial charge in [-0.2, -0.15) is 0 Å². The highest BCUT2D eigenvalue weighted by molar-refractivity contribution is 5.86. The van der Waals surface area contributed by atoms with Crippen molar-refractivity contribution < 1.29 is 9.53 Å². The van der Waals surface area contributed by atoms with Crippen LogP contribution >= 0.6 is 0 Å². The van der Waals surface area contributed by atoms with Crippen molar-refractivity contribution in [1.29, 1.82) is 0 Å². The summed E-state index contributed by atoms with van der Waals surface area (Å²) in [6.45, 7) is 7.29. The average molecular weight is 300 g/mol. The molecule has 1 N–H and O–H groups in total. The molecule has 1 atom stereocenters. The standard InChI is InChI=1S/C18H24N2O2/c1-4-6-16-17-13(9-10-20(16)18(21)22-5-2)14-11-12(3)7-8-15(14)19-17/h7-8,11,16,19H,4-6,9-10H2,1-3H3. The van der Waals surface area contributed by atoms with E-state index in [0.717, 1.165) is 25.8 Å². The fourth-order valence-electron chi connectivity index (χ4n) is 3.48. The molecule has 2 heterocycles. The number of carbonyl (C=O) groups excluding carboxylic acids is 1. The number of nitrogens with zero attached hydrogens (tertiary/aromatic N) is 1. The van der Waals surface area contributed by atoms with Crippen molar-refractivity contribution in [3.8, 4) is 0 Å². The lowest BCUT2D eigenvalue weighted by Gasteiger charge is -2.35. The van der Waals surface area contributed by atoms with Crippen molar-refractivity contribution in [2.24, 2.45) is 0 Å². The maximum atomic E-state index is 12.3. The smallest absolute Gasteiger partial charge is 0.410 e. The lowest BCUT2D eigenvalue weighted by atomic mass is 9.94. The van der Waals surface area contributed by atoms with Crippen LogP contribution in [-0.4, -0.2) is 29.1 Å². The molecule has 0 fully saturated rings. The van der Waals surface area contributed by atoms with E-state index in [1.54, 1.807) is 0 Å². The third-order valence-electron chi connectivity index (χ3n) is 4.47. The number of nitrogens with one attached hydrogen (secondary N) is 1. The molecule has 0 saturated heterocycles. The van der Waals surface area contributed by atoms with Crippen LogP contribution in [0.4, 0.5) is 4.79 Å². The Balaban J connectivity index is 2.04. The SMILES string of the molecule is CCCC1c2[nH]c3ccc(C)cc3c2CCN1C(=O)OCC. The maximum absolute atomic E-state index is 12.3. The minimum Gasteiger partial charge on any atom is -0.450 e. The lowest BCUT2D eigenvalue weighted by molar-refractivity contribution is 0.0835. The molecule has 4 heteroatoms. The summed E-state index contributed by atoms with van der Waals surface area (Å²) in [5, 5.41) is 1.31. The van der Waals surface area contributed by atoms with Gasteiger partial charge in [-0.15, -0.1) is 0 Å². The predicted molar refractivity (Wildman–Crippen MR) is 88.1 cm³/mol. The van der Waals surface area contributed by atoms with E-state index in [4.69, 9.17) is 4.74 Å². The van der Waals surface area contributed by atoms with Gasteiger partial charge in [-0.3, -0.25) is 4.90 Å². The van der Waals surface area contributed by atoms with E-state index in [-0.39, 0.29) is 12.1 Å². The van der Waals surface area contributed by atoms with E-state index in [0.29, 0.717) is 6.61 Å². The van der Waals surface area contributed by atoms with Gasteiger partial charge in [0.15, 0.2) is 0 Å². The van der Waals surface area contributed by atoms with Gasteiger partial charge >= 0.3 is 6.09 Å². The summed E-state index contributed by atoms with van der Waals surface area (Å²) >= 11 is 0. The Morgan fingerprint density at radius 3 is 2.95 bits per heavy atom. The average Bonchev–Trinajstić information content (AvgIpc) is 2.86. The molecule has 1 aromatic carbocycles. The molecule has 2 aromatic rings. The summed E-state index contributed by atoms with van der Waals surface area (Å²) in [6, 6.07) is 6.61. The Hall–Kier alpha value is -1.97. The molecule has 1 amide bonds. The zero-order valence-corrected chi connectivity index (χ0v) is 13.6. The molecule has 1 aliphatic heterocycles. The van der Waals surface area contributed by atoms with E-state index < -0.39 is 0 Å². The first-order valence-corrected chi connectivity index (χ1v) is 8.20. The molecule has 0 saturated carbocycles. The first-order chi connectivity index (χ1) is 10.7. The highest BCUT2D eigenvalue weighted by atomic mass is 16.6. The van der Waals surface area contributed by atoms with Crippen LogP contribution in [0.25, 0.3) is 10.9 Å². The molecule has 0 aliphatic carbocycles. The quantitative estimate of drug-likeness (QED) is 0.917.